The number of carbonyl (C=O) groups is 1. The lowest BCUT2D eigenvalue weighted by Gasteiger charge is -2.20. The van der Waals surface area contributed by atoms with Crippen molar-refractivity contribution in [1.82, 2.24) is 14.7 Å². The predicted octanol–water partition coefficient (Wildman–Crippen LogP) is 4.18. The summed E-state index contributed by atoms with van der Waals surface area (Å²) in [6.45, 7) is 4.18. The monoisotopic (exact) mass is 405 g/mol. The van der Waals surface area contributed by atoms with Crippen LogP contribution in [-0.4, -0.2) is 41.4 Å². The Kier molecular flexibility index (Phi) is 5.74. The normalized spacial score (nSPS) is 13.5. The van der Waals surface area contributed by atoms with Crippen molar-refractivity contribution in [2.75, 3.05) is 20.8 Å². The molecule has 30 heavy (non-hydrogen) atoms. The van der Waals surface area contributed by atoms with Gasteiger partial charge in [0, 0.05) is 24.2 Å². The van der Waals surface area contributed by atoms with Gasteiger partial charge in [0.25, 0.3) is 5.91 Å². The average Bonchev–Trinajstić information content (AvgIpc) is 3.09. The molecule has 2 aromatic carbocycles. The predicted molar refractivity (Wildman–Crippen MR) is 116 cm³/mol. The number of hydrogen-bond acceptors (Lipinski definition) is 4. The summed E-state index contributed by atoms with van der Waals surface area (Å²) in [6.07, 6.45) is 1.84. The first-order valence-corrected chi connectivity index (χ1v) is 10.3. The minimum atomic E-state index is 0.0694. The van der Waals surface area contributed by atoms with Crippen LogP contribution in [0.15, 0.2) is 48.5 Å². The Bertz CT molecular complexity index is 1040. The van der Waals surface area contributed by atoms with Gasteiger partial charge in [0.1, 0.15) is 0 Å². The van der Waals surface area contributed by atoms with Crippen LogP contribution in [0, 0.1) is 0 Å². The van der Waals surface area contributed by atoms with E-state index < -0.39 is 0 Å². The SMILES string of the molecule is CCc1ccc(C(=O)N2CCCn3nc(-c4ccc(OC)c(OC)c4)cc3C2)cc1. The fraction of sp³-hybridized carbons (Fsp3) is 0.333. The lowest BCUT2D eigenvalue weighted by molar-refractivity contribution is 0.0746. The number of nitrogens with zero attached hydrogens (tertiary/aromatic N) is 3. The van der Waals surface area contributed by atoms with Crippen LogP contribution in [0.3, 0.4) is 0 Å². The van der Waals surface area contributed by atoms with E-state index in [0.29, 0.717) is 18.0 Å². The van der Waals surface area contributed by atoms with Gasteiger partial charge in [-0.25, -0.2) is 0 Å². The van der Waals surface area contributed by atoms with Crippen molar-refractivity contribution in [3.8, 4) is 22.8 Å². The van der Waals surface area contributed by atoms with E-state index in [9.17, 15) is 4.79 Å². The second kappa shape index (κ2) is 8.61. The summed E-state index contributed by atoms with van der Waals surface area (Å²) in [5.74, 6) is 1.43. The number of aryl methyl sites for hydroxylation is 2. The zero-order valence-corrected chi connectivity index (χ0v) is 17.7. The third-order valence-corrected chi connectivity index (χ3v) is 5.59. The second-order valence-electron chi connectivity index (χ2n) is 7.44. The van der Waals surface area contributed by atoms with Crippen LogP contribution in [0.4, 0.5) is 0 Å². The maximum Gasteiger partial charge on any atom is 0.254 e. The Balaban J connectivity index is 1.58. The molecular weight excluding hydrogens is 378 g/mol. The highest BCUT2D eigenvalue weighted by molar-refractivity contribution is 5.94. The fourth-order valence-electron chi connectivity index (χ4n) is 3.84. The zero-order chi connectivity index (χ0) is 21.1. The van der Waals surface area contributed by atoms with Crippen LogP contribution in [-0.2, 0) is 19.5 Å². The second-order valence-corrected chi connectivity index (χ2v) is 7.44. The van der Waals surface area contributed by atoms with Crippen molar-refractivity contribution in [3.05, 3.63) is 65.4 Å². The molecule has 0 aliphatic carbocycles. The summed E-state index contributed by atoms with van der Waals surface area (Å²) in [7, 11) is 3.25. The van der Waals surface area contributed by atoms with Gasteiger partial charge in [-0.3, -0.25) is 9.48 Å². The first-order valence-electron chi connectivity index (χ1n) is 10.3. The topological polar surface area (TPSA) is 56.6 Å². The Morgan fingerprint density at radius 3 is 2.47 bits per heavy atom. The fourth-order valence-corrected chi connectivity index (χ4v) is 3.84. The average molecular weight is 405 g/mol. The molecule has 6 heteroatoms. The molecule has 4 rings (SSSR count). The van der Waals surface area contributed by atoms with E-state index in [2.05, 4.69) is 13.0 Å². The van der Waals surface area contributed by atoms with E-state index in [1.54, 1.807) is 14.2 Å². The summed E-state index contributed by atoms with van der Waals surface area (Å²) < 4.78 is 12.8. The van der Waals surface area contributed by atoms with Crippen molar-refractivity contribution in [3.63, 3.8) is 0 Å². The minimum absolute atomic E-state index is 0.0694. The molecule has 0 bridgehead atoms. The molecule has 0 spiro atoms. The van der Waals surface area contributed by atoms with Crippen LogP contribution in [0.2, 0.25) is 0 Å². The first kappa shape index (κ1) is 20.0. The van der Waals surface area contributed by atoms with Gasteiger partial charge >= 0.3 is 0 Å². The Morgan fingerprint density at radius 2 is 1.77 bits per heavy atom. The van der Waals surface area contributed by atoms with Gasteiger partial charge in [0.2, 0.25) is 0 Å². The summed E-state index contributed by atoms with van der Waals surface area (Å²) >= 11 is 0. The molecule has 6 nitrogen and oxygen atoms in total. The minimum Gasteiger partial charge on any atom is -0.493 e. The number of aromatic nitrogens is 2. The van der Waals surface area contributed by atoms with Gasteiger partial charge < -0.3 is 14.4 Å². The van der Waals surface area contributed by atoms with Crippen molar-refractivity contribution >= 4 is 5.91 Å². The van der Waals surface area contributed by atoms with Crippen LogP contribution < -0.4 is 9.47 Å². The Hall–Kier alpha value is -3.28. The van der Waals surface area contributed by atoms with E-state index >= 15 is 0 Å². The summed E-state index contributed by atoms with van der Waals surface area (Å²) in [6, 6.07) is 15.8. The van der Waals surface area contributed by atoms with Gasteiger partial charge in [-0.15, -0.1) is 0 Å². The standard InChI is InChI=1S/C24H27N3O3/c1-4-17-6-8-18(9-7-17)24(28)26-12-5-13-27-20(16-26)15-21(25-27)19-10-11-22(29-2)23(14-19)30-3/h6-11,14-15H,4-5,12-13,16H2,1-3H3. The van der Waals surface area contributed by atoms with Gasteiger partial charge in [-0.2, -0.15) is 5.10 Å². The molecular formula is C24H27N3O3. The van der Waals surface area contributed by atoms with E-state index in [-0.39, 0.29) is 5.91 Å². The lowest BCUT2D eigenvalue weighted by atomic mass is 10.1. The van der Waals surface area contributed by atoms with Gasteiger partial charge in [0.15, 0.2) is 11.5 Å². The van der Waals surface area contributed by atoms with Crippen LogP contribution in [0.25, 0.3) is 11.3 Å². The smallest absolute Gasteiger partial charge is 0.254 e. The van der Waals surface area contributed by atoms with Crippen molar-refractivity contribution < 1.29 is 14.3 Å². The summed E-state index contributed by atoms with van der Waals surface area (Å²) in [5.41, 5.74) is 4.84. The molecule has 1 amide bonds. The molecule has 1 aliphatic rings. The number of ether oxygens (including phenoxy) is 2. The molecule has 0 saturated carbocycles. The molecule has 2 heterocycles. The molecule has 1 aliphatic heterocycles. The number of fused-ring (bicyclic) bond motifs is 1. The molecule has 0 unspecified atom stereocenters. The molecule has 156 valence electrons. The van der Waals surface area contributed by atoms with Crippen molar-refractivity contribution in [2.24, 2.45) is 0 Å². The van der Waals surface area contributed by atoms with E-state index in [1.807, 2.05) is 52.0 Å². The van der Waals surface area contributed by atoms with Crippen molar-refractivity contribution in [2.45, 2.75) is 32.9 Å². The quantitative estimate of drug-likeness (QED) is 0.639. The highest BCUT2D eigenvalue weighted by Gasteiger charge is 2.22. The van der Waals surface area contributed by atoms with E-state index in [1.165, 1.54) is 5.56 Å². The summed E-state index contributed by atoms with van der Waals surface area (Å²) in [5, 5.41) is 4.78. The number of amides is 1. The lowest BCUT2D eigenvalue weighted by Crippen LogP contribution is -2.30. The van der Waals surface area contributed by atoms with Crippen LogP contribution in [0.5, 0.6) is 11.5 Å². The molecule has 0 fully saturated rings. The first-order chi connectivity index (χ1) is 14.6. The molecule has 0 radical (unpaired) electrons. The van der Waals surface area contributed by atoms with E-state index in [0.717, 1.165) is 48.4 Å². The maximum atomic E-state index is 13.1. The summed E-state index contributed by atoms with van der Waals surface area (Å²) in [4.78, 5) is 15.0. The van der Waals surface area contributed by atoms with E-state index in [4.69, 9.17) is 14.6 Å². The zero-order valence-electron chi connectivity index (χ0n) is 17.7. The maximum absolute atomic E-state index is 13.1. The van der Waals surface area contributed by atoms with Crippen molar-refractivity contribution in [1.29, 1.82) is 0 Å². The van der Waals surface area contributed by atoms with Crippen LogP contribution in [0.1, 0.15) is 35.0 Å². The number of benzene rings is 2. The number of hydrogen-bond donors (Lipinski definition) is 0. The molecule has 3 aromatic rings. The van der Waals surface area contributed by atoms with Crippen LogP contribution >= 0.6 is 0 Å². The number of rotatable bonds is 5. The highest BCUT2D eigenvalue weighted by atomic mass is 16.5. The highest BCUT2D eigenvalue weighted by Crippen LogP contribution is 2.32. The third-order valence-electron chi connectivity index (χ3n) is 5.59. The van der Waals surface area contributed by atoms with Gasteiger partial charge in [-0.1, -0.05) is 19.1 Å². The largest absolute Gasteiger partial charge is 0.493 e. The third kappa shape index (κ3) is 3.90. The Labute approximate surface area is 177 Å². The molecule has 0 saturated heterocycles. The van der Waals surface area contributed by atoms with Gasteiger partial charge in [-0.05, 0) is 54.8 Å². The molecule has 0 atom stereocenters. The number of carbonyl (C=O) groups excluding carboxylic acids is 1. The van der Waals surface area contributed by atoms with Gasteiger partial charge in [0.05, 0.1) is 32.2 Å². The molecule has 0 N–H and O–H groups in total. The Morgan fingerprint density at radius 1 is 1.00 bits per heavy atom. The molecule has 1 aromatic heterocycles. The number of methoxy groups -OCH3 is 2.